The summed E-state index contributed by atoms with van der Waals surface area (Å²) in [5, 5.41) is 1.93. The maximum Gasteiger partial charge on any atom is 0.198 e. The molecule has 3 nitrogen and oxygen atoms in total. The molecular weight excluding hydrogens is 342 g/mol. The highest BCUT2D eigenvalue weighted by Gasteiger charge is 2.17. The van der Waals surface area contributed by atoms with Crippen molar-refractivity contribution in [3.8, 4) is 16.2 Å². The lowest BCUT2D eigenvalue weighted by molar-refractivity contribution is 0.320. The topological polar surface area (TPSA) is 42.1 Å². The third kappa shape index (κ3) is 2.61. The SMILES string of the molecule is CCCOc1ccc(C)c2c(=O)c(-c3sc4ccccc4c3C)c[nH]c12. The van der Waals surface area contributed by atoms with E-state index in [1.807, 2.05) is 37.4 Å². The average Bonchev–Trinajstić information content (AvgIpc) is 2.98. The molecular formula is C22H21NO2S. The van der Waals surface area contributed by atoms with Gasteiger partial charge < -0.3 is 9.72 Å². The highest BCUT2D eigenvalue weighted by atomic mass is 32.1. The van der Waals surface area contributed by atoms with Gasteiger partial charge in [-0.15, -0.1) is 11.3 Å². The van der Waals surface area contributed by atoms with E-state index < -0.39 is 0 Å². The van der Waals surface area contributed by atoms with Crippen LogP contribution in [0.4, 0.5) is 0 Å². The standard InChI is InChI=1S/C22H21NO2S/c1-4-11-25-17-10-9-13(2)19-20(17)23-12-16(21(19)24)22-14(3)15-7-5-6-8-18(15)26-22/h5-10,12H,4,11H2,1-3H3,(H,23,24). The molecule has 132 valence electrons. The summed E-state index contributed by atoms with van der Waals surface area (Å²) in [6.45, 7) is 6.77. The molecule has 4 aromatic rings. The number of fused-ring (bicyclic) bond motifs is 2. The number of aryl methyl sites for hydroxylation is 2. The van der Waals surface area contributed by atoms with E-state index in [0.717, 1.165) is 39.3 Å². The summed E-state index contributed by atoms with van der Waals surface area (Å²) in [5.41, 5.74) is 3.70. The monoisotopic (exact) mass is 363 g/mol. The van der Waals surface area contributed by atoms with Crippen LogP contribution in [-0.4, -0.2) is 11.6 Å². The Morgan fingerprint density at radius 3 is 2.69 bits per heavy atom. The van der Waals surface area contributed by atoms with Crippen molar-refractivity contribution in [2.45, 2.75) is 27.2 Å². The summed E-state index contributed by atoms with van der Waals surface area (Å²) in [5.74, 6) is 0.740. The van der Waals surface area contributed by atoms with E-state index in [2.05, 4.69) is 31.0 Å². The minimum Gasteiger partial charge on any atom is -0.491 e. The molecule has 0 aliphatic carbocycles. The van der Waals surface area contributed by atoms with Crippen LogP contribution < -0.4 is 10.2 Å². The van der Waals surface area contributed by atoms with E-state index in [0.29, 0.717) is 12.0 Å². The van der Waals surface area contributed by atoms with E-state index in [-0.39, 0.29) is 5.43 Å². The summed E-state index contributed by atoms with van der Waals surface area (Å²) in [4.78, 5) is 17.7. The van der Waals surface area contributed by atoms with Crippen molar-refractivity contribution in [1.82, 2.24) is 4.98 Å². The van der Waals surface area contributed by atoms with Gasteiger partial charge in [0.15, 0.2) is 5.43 Å². The number of hydrogen-bond donors (Lipinski definition) is 1. The van der Waals surface area contributed by atoms with Crippen molar-refractivity contribution in [2.24, 2.45) is 0 Å². The van der Waals surface area contributed by atoms with Crippen molar-refractivity contribution in [1.29, 1.82) is 0 Å². The van der Waals surface area contributed by atoms with Crippen LogP contribution in [0.1, 0.15) is 24.5 Å². The van der Waals surface area contributed by atoms with Crippen LogP contribution in [0.15, 0.2) is 47.4 Å². The third-order valence-electron chi connectivity index (χ3n) is 4.76. The van der Waals surface area contributed by atoms with Crippen LogP contribution in [0, 0.1) is 13.8 Å². The molecule has 0 saturated heterocycles. The van der Waals surface area contributed by atoms with Crippen LogP contribution >= 0.6 is 11.3 Å². The minimum absolute atomic E-state index is 0.0628. The van der Waals surface area contributed by atoms with Gasteiger partial charge in [0, 0.05) is 15.8 Å². The number of ether oxygens (including phenoxy) is 1. The van der Waals surface area contributed by atoms with Gasteiger partial charge in [-0.2, -0.15) is 0 Å². The first-order valence-corrected chi connectivity index (χ1v) is 9.69. The molecule has 0 aliphatic rings. The first-order chi connectivity index (χ1) is 12.6. The van der Waals surface area contributed by atoms with Gasteiger partial charge in [-0.3, -0.25) is 4.79 Å². The number of aromatic nitrogens is 1. The fraction of sp³-hybridized carbons (Fsp3) is 0.227. The minimum atomic E-state index is 0.0628. The third-order valence-corrected chi connectivity index (χ3v) is 6.06. The maximum atomic E-state index is 13.3. The Labute approximate surface area is 156 Å². The number of pyridine rings is 1. The smallest absolute Gasteiger partial charge is 0.198 e. The molecule has 0 amide bonds. The van der Waals surface area contributed by atoms with Gasteiger partial charge in [0.1, 0.15) is 5.75 Å². The first kappa shape index (κ1) is 16.9. The van der Waals surface area contributed by atoms with Gasteiger partial charge in [-0.05, 0) is 48.9 Å². The van der Waals surface area contributed by atoms with E-state index in [1.165, 1.54) is 10.1 Å². The second-order valence-corrected chi connectivity index (χ2v) is 7.62. The number of hydrogen-bond acceptors (Lipinski definition) is 3. The number of thiophene rings is 1. The van der Waals surface area contributed by atoms with Crippen LogP contribution in [0.3, 0.4) is 0 Å². The fourth-order valence-electron chi connectivity index (χ4n) is 3.40. The molecule has 0 unspecified atom stereocenters. The lowest BCUT2D eigenvalue weighted by atomic mass is 10.0. The molecule has 0 atom stereocenters. The lowest BCUT2D eigenvalue weighted by Gasteiger charge is -2.11. The Kier molecular flexibility index (Phi) is 4.29. The Balaban J connectivity index is 1.97. The highest BCUT2D eigenvalue weighted by molar-refractivity contribution is 7.22. The Morgan fingerprint density at radius 1 is 1.12 bits per heavy atom. The molecule has 4 heteroatoms. The van der Waals surface area contributed by atoms with Crippen LogP contribution in [0.2, 0.25) is 0 Å². The average molecular weight is 363 g/mol. The van der Waals surface area contributed by atoms with E-state index >= 15 is 0 Å². The number of benzene rings is 2. The number of aromatic amines is 1. The summed E-state index contributed by atoms with van der Waals surface area (Å²) < 4.78 is 7.03. The zero-order chi connectivity index (χ0) is 18.3. The van der Waals surface area contributed by atoms with Gasteiger partial charge >= 0.3 is 0 Å². The zero-order valence-corrected chi connectivity index (χ0v) is 16.0. The molecule has 26 heavy (non-hydrogen) atoms. The second kappa shape index (κ2) is 6.61. The molecule has 4 rings (SSSR count). The Bertz CT molecular complexity index is 1170. The Morgan fingerprint density at radius 2 is 1.92 bits per heavy atom. The summed E-state index contributed by atoms with van der Waals surface area (Å²) >= 11 is 1.67. The molecule has 0 aliphatic heterocycles. The predicted molar refractivity (Wildman–Crippen MR) is 111 cm³/mol. The van der Waals surface area contributed by atoms with Crippen molar-refractivity contribution in [3.63, 3.8) is 0 Å². The van der Waals surface area contributed by atoms with E-state index in [4.69, 9.17) is 4.74 Å². The number of rotatable bonds is 4. The normalized spacial score (nSPS) is 11.3. The summed E-state index contributed by atoms with van der Waals surface area (Å²) in [6, 6.07) is 12.2. The van der Waals surface area contributed by atoms with Crippen LogP contribution in [-0.2, 0) is 0 Å². The summed E-state index contributed by atoms with van der Waals surface area (Å²) in [6.07, 6.45) is 2.76. The van der Waals surface area contributed by atoms with Crippen LogP contribution in [0.5, 0.6) is 5.75 Å². The fourth-order valence-corrected chi connectivity index (χ4v) is 4.62. The van der Waals surface area contributed by atoms with Gasteiger partial charge in [-0.25, -0.2) is 0 Å². The number of nitrogens with one attached hydrogen (secondary N) is 1. The molecule has 2 aromatic carbocycles. The molecule has 0 spiro atoms. The molecule has 1 N–H and O–H groups in total. The Hall–Kier alpha value is -2.59. The van der Waals surface area contributed by atoms with Crippen molar-refractivity contribution < 1.29 is 4.74 Å². The molecule has 0 saturated carbocycles. The molecule has 0 bridgehead atoms. The van der Waals surface area contributed by atoms with E-state index in [9.17, 15) is 4.79 Å². The molecule has 2 heterocycles. The lowest BCUT2D eigenvalue weighted by Crippen LogP contribution is -2.09. The van der Waals surface area contributed by atoms with Gasteiger partial charge in [-0.1, -0.05) is 31.2 Å². The van der Waals surface area contributed by atoms with Gasteiger partial charge in [0.25, 0.3) is 0 Å². The molecule has 2 aromatic heterocycles. The number of H-pyrrole nitrogens is 1. The maximum absolute atomic E-state index is 13.3. The van der Waals surface area contributed by atoms with Crippen molar-refractivity contribution in [2.75, 3.05) is 6.61 Å². The second-order valence-electron chi connectivity index (χ2n) is 6.56. The quantitative estimate of drug-likeness (QED) is 0.497. The molecule has 0 radical (unpaired) electrons. The highest BCUT2D eigenvalue weighted by Crippen LogP contribution is 2.37. The largest absolute Gasteiger partial charge is 0.491 e. The van der Waals surface area contributed by atoms with Crippen molar-refractivity contribution in [3.05, 3.63) is 63.9 Å². The zero-order valence-electron chi connectivity index (χ0n) is 15.2. The van der Waals surface area contributed by atoms with E-state index in [1.54, 1.807) is 11.3 Å². The van der Waals surface area contributed by atoms with Gasteiger partial charge in [0.2, 0.25) is 0 Å². The van der Waals surface area contributed by atoms with Crippen LogP contribution in [0.25, 0.3) is 31.4 Å². The predicted octanol–water partition coefficient (Wildman–Crippen LogP) is 5.82. The molecule has 0 fully saturated rings. The summed E-state index contributed by atoms with van der Waals surface area (Å²) in [7, 11) is 0. The first-order valence-electron chi connectivity index (χ1n) is 8.88. The van der Waals surface area contributed by atoms with Crippen molar-refractivity contribution >= 4 is 32.3 Å². The van der Waals surface area contributed by atoms with Gasteiger partial charge in [0.05, 0.1) is 23.1 Å².